The zero-order valence-corrected chi connectivity index (χ0v) is 10.5. The van der Waals surface area contributed by atoms with Crippen LogP contribution in [0.1, 0.15) is 0 Å². The molecule has 0 aliphatic heterocycles. The van der Waals surface area contributed by atoms with Gasteiger partial charge in [-0.15, -0.1) is 0 Å². The SMILES string of the molecule is OC(O)C(F)(F)F.[Zn].[Zn]. The Morgan fingerprint density at radius 1 is 1.00 bits per heavy atom. The maximum atomic E-state index is 10.7. The first-order valence-corrected chi connectivity index (χ1v) is 1.37. The van der Waals surface area contributed by atoms with Crippen LogP contribution in [-0.4, -0.2) is 22.7 Å². The Hall–Kier alpha value is 0.957. The molecule has 0 heterocycles. The molecule has 9 heavy (non-hydrogen) atoms. The average Bonchev–Trinajstić information content (AvgIpc) is 1.31. The molecule has 0 radical (unpaired) electrons. The number of hydrogen-bond donors (Lipinski definition) is 2. The van der Waals surface area contributed by atoms with E-state index in [1.807, 2.05) is 0 Å². The summed E-state index contributed by atoms with van der Waals surface area (Å²) in [6, 6.07) is 0. The van der Waals surface area contributed by atoms with Crippen LogP contribution in [0.5, 0.6) is 0 Å². The predicted octanol–water partition coefficient (Wildman–Crippen LogP) is -0.146. The molecule has 0 bridgehead atoms. The zero-order chi connectivity index (χ0) is 6.08. The molecule has 0 saturated heterocycles. The number of alkyl halides is 3. The molecule has 0 amide bonds. The second kappa shape index (κ2) is 5.72. The number of halogens is 3. The fourth-order valence-electron chi connectivity index (χ4n) is 0. The summed E-state index contributed by atoms with van der Waals surface area (Å²) in [6.07, 6.45) is -8.09. The van der Waals surface area contributed by atoms with Gasteiger partial charge in [-0.1, -0.05) is 0 Å². The monoisotopic (exact) mass is 244 g/mol. The van der Waals surface area contributed by atoms with Crippen LogP contribution < -0.4 is 0 Å². The summed E-state index contributed by atoms with van der Waals surface area (Å²) >= 11 is 0. The van der Waals surface area contributed by atoms with Crippen molar-refractivity contribution >= 4 is 0 Å². The first-order valence-electron chi connectivity index (χ1n) is 1.37. The molecule has 7 heteroatoms. The van der Waals surface area contributed by atoms with Crippen LogP contribution in [0.4, 0.5) is 13.2 Å². The Morgan fingerprint density at radius 3 is 1.11 bits per heavy atom. The van der Waals surface area contributed by atoms with Crippen LogP contribution in [0.15, 0.2) is 0 Å². The minimum atomic E-state index is -4.89. The van der Waals surface area contributed by atoms with Crippen molar-refractivity contribution in [3.8, 4) is 0 Å². The topological polar surface area (TPSA) is 40.5 Å². The second-order valence-electron chi connectivity index (χ2n) is 0.915. The third-order valence-corrected chi connectivity index (χ3v) is 0.293. The third kappa shape index (κ3) is 8.96. The quantitative estimate of drug-likeness (QED) is 0.461. The minimum Gasteiger partial charge on any atom is -0.361 e. The molecule has 0 aromatic heterocycles. The molecular weight excluding hydrogens is 244 g/mol. The minimum absolute atomic E-state index is 0. The Morgan fingerprint density at radius 2 is 1.11 bits per heavy atom. The molecule has 2 nitrogen and oxygen atoms in total. The van der Waals surface area contributed by atoms with E-state index in [0.717, 1.165) is 0 Å². The van der Waals surface area contributed by atoms with Crippen molar-refractivity contribution in [2.75, 3.05) is 0 Å². The van der Waals surface area contributed by atoms with Crippen molar-refractivity contribution in [1.82, 2.24) is 0 Å². The van der Waals surface area contributed by atoms with Gasteiger partial charge in [0.25, 0.3) is 6.29 Å². The summed E-state index contributed by atoms with van der Waals surface area (Å²) in [5, 5.41) is 14.6. The van der Waals surface area contributed by atoms with E-state index in [0.29, 0.717) is 0 Å². The van der Waals surface area contributed by atoms with Gasteiger partial charge in [0.1, 0.15) is 0 Å². The summed E-state index contributed by atoms with van der Waals surface area (Å²) in [5.74, 6) is 0. The van der Waals surface area contributed by atoms with E-state index < -0.39 is 12.5 Å². The maximum Gasteiger partial charge on any atom is 0.439 e. The van der Waals surface area contributed by atoms with Gasteiger partial charge in [-0.05, 0) is 0 Å². The van der Waals surface area contributed by atoms with E-state index in [1.54, 1.807) is 0 Å². The van der Waals surface area contributed by atoms with E-state index >= 15 is 0 Å². The molecule has 2 N–H and O–H groups in total. The molecule has 0 rings (SSSR count). The van der Waals surface area contributed by atoms with Crippen molar-refractivity contribution in [1.29, 1.82) is 0 Å². The van der Waals surface area contributed by atoms with E-state index in [2.05, 4.69) is 0 Å². The molecule has 0 aliphatic carbocycles. The van der Waals surface area contributed by atoms with Gasteiger partial charge in [-0.2, -0.15) is 13.2 Å². The Bertz CT molecular complexity index is 63.3. The Balaban J connectivity index is -0.000000180. The Labute approximate surface area is 75.0 Å². The number of aliphatic hydroxyl groups excluding tert-OH is 1. The summed E-state index contributed by atoms with van der Waals surface area (Å²) < 4.78 is 32.0. The van der Waals surface area contributed by atoms with Crippen molar-refractivity contribution in [3.05, 3.63) is 0 Å². The van der Waals surface area contributed by atoms with Crippen LogP contribution in [-0.2, 0) is 39.0 Å². The standard InChI is InChI=1S/C2H3F3O2.2Zn/c3-2(4,5)1(6)7;;/h1,6-7H;;. The van der Waals surface area contributed by atoms with Crippen LogP contribution >= 0.6 is 0 Å². The molecular formula is C2H3F3O2Zn2. The predicted molar refractivity (Wildman–Crippen MR) is 14.3 cm³/mol. The van der Waals surface area contributed by atoms with Crippen molar-refractivity contribution in [2.45, 2.75) is 12.5 Å². The third-order valence-electron chi connectivity index (χ3n) is 0.293. The summed E-state index contributed by atoms with van der Waals surface area (Å²) in [6.45, 7) is 0. The van der Waals surface area contributed by atoms with Crippen molar-refractivity contribution < 1.29 is 62.3 Å². The largest absolute Gasteiger partial charge is 0.439 e. The molecule has 0 unspecified atom stereocenters. The van der Waals surface area contributed by atoms with E-state index in [1.165, 1.54) is 0 Å². The molecule has 0 atom stereocenters. The van der Waals surface area contributed by atoms with Gasteiger partial charge < -0.3 is 10.2 Å². The molecule has 0 aromatic rings. The van der Waals surface area contributed by atoms with Crippen molar-refractivity contribution in [3.63, 3.8) is 0 Å². The average molecular weight is 247 g/mol. The summed E-state index contributed by atoms with van der Waals surface area (Å²) in [4.78, 5) is 0. The van der Waals surface area contributed by atoms with Gasteiger partial charge in [0.2, 0.25) is 0 Å². The normalized spacial score (nSPS) is 10.0. The number of rotatable bonds is 0. The number of hydrogen-bond acceptors (Lipinski definition) is 2. The van der Waals surface area contributed by atoms with Gasteiger partial charge in [0.05, 0.1) is 0 Å². The first-order chi connectivity index (χ1) is 2.94. The summed E-state index contributed by atoms with van der Waals surface area (Å²) in [7, 11) is 0. The van der Waals surface area contributed by atoms with Crippen LogP contribution in [0.2, 0.25) is 0 Å². The van der Waals surface area contributed by atoms with Crippen molar-refractivity contribution in [2.24, 2.45) is 0 Å². The van der Waals surface area contributed by atoms with Gasteiger partial charge >= 0.3 is 6.18 Å². The molecule has 0 spiro atoms. The molecule has 0 aromatic carbocycles. The molecule has 0 fully saturated rings. The second-order valence-corrected chi connectivity index (χ2v) is 0.915. The van der Waals surface area contributed by atoms with Gasteiger partial charge in [-0.25, -0.2) is 0 Å². The fraction of sp³-hybridized carbons (Fsp3) is 1.00. The van der Waals surface area contributed by atoms with Crippen LogP contribution in [0, 0.1) is 0 Å². The molecule has 0 aliphatic rings. The smallest absolute Gasteiger partial charge is 0.361 e. The zero-order valence-electron chi connectivity index (χ0n) is 4.52. The maximum absolute atomic E-state index is 10.7. The van der Waals surface area contributed by atoms with E-state index in [4.69, 9.17) is 10.2 Å². The van der Waals surface area contributed by atoms with Crippen LogP contribution in [0.25, 0.3) is 0 Å². The summed E-state index contributed by atoms with van der Waals surface area (Å²) in [5.41, 5.74) is 0. The fourth-order valence-corrected chi connectivity index (χ4v) is 0. The first kappa shape index (κ1) is 16.5. The Kier molecular flexibility index (Phi) is 10.5. The van der Waals surface area contributed by atoms with Crippen LogP contribution in [0.3, 0.4) is 0 Å². The van der Waals surface area contributed by atoms with E-state index in [-0.39, 0.29) is 39.0 Å². The van der Waals surface area contributed by atoms with Gasteiger partial charge in [0.15, 0.2) is 0 Å². The molecule has 0 saturated carbocycles. The van der Waals surface area contributed by atoms with Gasteiger partial charge in [0, 0.05) is 39.0 Å². The number of aliphatic hydroxyl groups is 2. The van der Waals surface area contributed by atoms with Gasteiger partial charge in [-0.3, -0.25) is 0 Å². The molecule has 48 valence electrons. The van der Waals surface area contributed by atoms with E-state index in [9.17, 15) is 13.2 Å².